The Balaban J connectivity index is 3.42. The van der Waals surface area contributed by atoms with E-state index in [1.54, 1.807) is 0 Å². The van der Waals surface area contributed by atoms with Gasteiger partial charge in [0.05, 0.1) is 41.3 Å². The van der Waals surface area contributed by atoms with Crippen molar-refractivity contribution in [2.45, 2.75) is 64.2 Å². The number of aliphatic carboxylic acids is 2. The lowest BCUT2D eigenvalue weighted by atomic mass is 10.1. The molecule has 0 aromatic carbocycles. The number of carboxylic acid groups (broad SMARTS) is 2. The highest BCUT2D eigenvalue weighted by Gasteiger charge is 2.19. The van der Waals surface area contributed by atoms with E-state index >= 15 is 0 Å². The molecule has 0 aliphatic heterocycles. The van der Waals surface area contributed by atoms with Crippen LogP contribution in [-0.2, 0) is 9.59 Å². The second-order valence-corrected chi connectivity index (χ2v) is 8.96. The van der Waals surface area contributed by atoms with Crippen molar-refractivity contribution < 1.29 is 28.8 Å². The lowest BCUT2D eigenvalue weighted by Gasteiger charge is -2.27. The normalized spacial score (nSPS) is 12.3. The second kappa shape index (κ2) is 13.1. The SMILES string of the molecule is C[N+](C)(CCCCCCCCCCCC[N+](C)(C)CC(=O)O)CC(=O)O. The largest absolute Gasteiger partial charge is 0.477 e. The third-order valence-corrected chi connectivity index (χ3v) is 4.90. The number of hydrogen-bond donors (Lipinski definition) is 2. The Hall–Kier alpha value is -1.14. The standard InChI is InChI=1S/C20H40N2O4/c1-21(2,17-19(23)24)15-13-11-9-7-5-6-8-10-12-14-16-22(3,4)18-20(25)26/h5-18H2,1-4H3/p+2. The summed E-state index contributed by atoms with van der Waals surface area (Å²) >= 11 is 0. The Labute approximate surface area is 160 Å². The highest BCUT2D eigenvalue weighted by molar-refractivity contribution is 5.68. The van der Waals surface area contributed by atoms with Gasteiger partial charge in [0.25, 0.3) is 0 Å². The molecule has 0 aliphatic carbocycles. The van der Waals surface area contributed by atoms with Crippen molar-refractivity contribution in [1.29, 1.82) is 0 Å². The summed E-state index contributed by atoms with van der Waals surface area (Å²) in [7, 11) is 7.93. The van der Waals surface area contributed by atoms with Crippen molar-refractivity contribution >= 4 is 11.9 Å². The van der Waals surface area contributed by atoms with Crippen LogP contribution in [0.15, 0.2) is 0 Å². The van der Waals surface area contributed by atoms with Gasteiger partial charge in [-0.25, -0.2) is 9.59 Å². The number of carboxylic acids is 2. The van der Waals surface area contributed by atoms with Crippen molar-refractivity contribution in [2.24, 2.45) is 0 Å². The highest BCUT2D eigenvalue weighted by atomic mass is 16.4. The predicted molar refractivity (Wildman–Crippen MR) is 105 cm³/mol. The molecule has 0 aliphatic rings. The van der Waals surface area contributed by atoms with Crippen molar-refractivity contribution in [3.63, 3.8) is 0 Å². The summed E-state index contributed by atoms with van der Waals surface area (Å²) < 4.78 is 1.13. The predicted octanol–water partition coefficient (Wildman–Crippen LogP) is 3.21. The monoisotopic (exact) mass is 374 g/mol. The van der Waals surface area contributed by atoms with Gasteiger partial charge in [-0.05, 0) is 25.7 Å². The van der Waals surface area contributed by atoms with Crippen LogP contribution in [0.5, 0.6) is 0 Å². The van der Waals surface area contributed by atoms with Crippen LogP contribution in [0.4, 0.5) is 0 Å². The fourth-order valence-corrected chi connectivity index (χ4v) is 3.38. The molecule has 0 bridgehead atoms. The van der Waals surface area contributed by atoms with Gasteiger partial charge in [0, 0.05) is 0 Å². The van der Waals surface area contributed by atoms with E-state index in [0.717, 1.165) is 25.9 Å². The van der Waals surface area contributed by atoms with Gasteiger partial charge in [-0.1, -0.05) is 38.5 Å². The van der Waals surface area contributed by atoms with Gasteiger partial charge in [-0.3, -0.25) is 0 Å². The van der Waals surface area contributed by atoms with Gasteiger partial charge in [0.1, 0.15) is 0 Å². The Morgan fingerprint density at radius 3 is 1.00 bits per heavy atom. The highest BCUT2D eigenvalue weighted by Crippen LogP contribution is 2.12. The summed E-state index contributed by atoms with van der Waals surface area (Å²) in [5.41, 5.74) is 0. The molecular weight excluding hydrogens is 332 g/mol. The number of rotatable bonds is 17. The summed E-state index contributed by atoms with van der Waals surface area (Å²) in [6.45, 7) is 2.27. The third kappa shape index (κ3) is 16.3. The number of quaternary nitrogens is 2. The Kier molecular flexibility index (Phi) is 12.5. The van der Waals surface area contributed by atoms with Crippen molar-refractivity contribution in [3.8, 4) is 0 Å². The molecule has 0 rings (SSSR count). The van der Waals surface area contributed by atoms with E-state index in [4.69, 9.17) is 10.2 Å². The van der Waals surface area contributed by atoms with Crippen LogP contribution in [0.3, 0.4) is 0 Å². The molecule has 0 saturated carbocycles. The molecule has 0 amide bonds. The number of nitrogens with zero attached hydrogens (tertiary/aromatic N) is 2. The second-order valence-electron chi connectivity index (χ2n) is 8.96. The van der Waals surface area contributed by atoms with E-state index in [0.29, 0.717) is 8.97 Å². The van der Waals surface area contributed by atoms with Crippen LogP contribution in [0.1, 0.15) is 64.2 Å². The molecule has 154 valence electrons. The summed E-state index contributed by atoms with van der Waals surface area (Å²) in [4.78, 5) is 21.5. The summed E-state index contributed by atoms with van der Waals surface area (Å²) in [5.74, 6) is -1.45. The average Bonchev–Trinajstić information content (AvgIpc) is 2.45. The maximum absolute atomic E-state index is 10.8. The van der Waals surface area contributed by atoms with E-state index in [9.17, 15) is 9.59 Å². The minimum Gasteiger partial charge on any atom is -0.477 e. The Morgan fingerprint density at radius 1 is 0.538 bits per heavy atom. The van der Waals surface area contributed by atoms with Crippen LogP contribution in [0.25, 0.3) is 0 Å². The van der Waals surface area contributed by atoms with Gasteiger partial charge >= 0.3 is 11.9 Å². The van der Waals surface area contributed by atoms with Crippen LogP contribution in [0, 0.1) is 0 Å². The van der Waals surface area contributed by atoms with Crippen LogP contribution in [-0.4, -0.2) is 85.5 Å². The average molecular weight is 375 g/mol. The molecule has 2 N–H and O–H groups in total. The number of likely N-dealkylation sites (N-methyl/N-ethyl adjacent to an activating group) is 2. The van der Waals surface area contributed by atoms with E-state index in [1.807, 2.05) is 28.2 Å². The number of carbonyl (C=O) groups is 2. The van der Waals surface area contributed by atoms with Crippen molar-refractivity contribution in [2.75, 3.05) is 54.4 Å². The first-order valence-corrected chi connectivity index (χ1v) is 10.1. The van der Waals surface area contributed by atoms with Gasteiger partial charge in [-0.2, -0.15) is 0 Å². The number of hydrogen-bond acceptors (Lipinski definition) is 2. The Morgan fingerprint density at radius 2 is 0.769 bits per heavy atom. The fraction of sp³-hybridized carbons (Fsp3) is 0.900. The minimum absolute atomic E-state index is 0.201. The molecule has 0 saturated heterocycles. The van der Waals surface area contributed by atoms with E-state index in [1.165, 1.54) is 51.4 Å². The molecule has 0 fully saturated rings. The van der Waals surface area contributed by atoms with Crippen molar-refractivity contribution in [3.05, 3.63) is 0 Å². The first kappa shape index (κ1) is 24.9. The minimum atomic E-state index is -0.723. The molecule has 0 heterocycles. The zero-order valence-corrected chi connectivity index (χ0v) is 17.5. The summed E-state index contributed by atoms with van der Waals surface area (Å²) in [6, 6.07) is 0. The smallest absolute Gasteiger partial charge is 0.359 e. The topological polar surface area (TPSA) is 74.6 Å². The molecule has 26 heavy (non-hydrogen) atoms. The fourth-order valence-electron chi connectivity index (χ4n) is 3.38. The van der Waals surface area contributed by atoms with Crippen LogP contribution >= 0.6 is 0 Å². The molecule has 6 nitrogen and oxygen atoms in total. The zero-order chi connectivity index (χ0) is 20.1. The third-order valence-electron chi connectivity index (χ3n) is 4.90. The van der Waals surface area contributed by atoms with E-state index in [2.05, 4.69) is 0 Å². The molecule has 0 aromatic heterocycles. The van der Waals surface area contributed by atoms with E-state index in [-0.39, 0.29) is 13.1 Å². The summed E-state index contributed by atoms with van der Waals surface area (Å²) in [6.07, 6.45) is 12.2. The van der Waals surface area contributed by atoms with Gasteiger partial charge in [0.15, 0.2) is 13.1 Å². The van der Waals surface area contributed by atoms with Gasteiger partial charge < -0.3 is 19.2 Å². The molecule has 0 spiro atoms. The van der Waals surface area contributed by atoms with Gasteiger partial charge in [0.2, 0.25) is 0 Å². The maximum atomic E-state index is 10.8. The lowest BCUT2D eigenvalue weighted by molar-refractivity contribution is -0.883. The lowest BCUT2D eigenvalue weighted by Crippen LogP contribution is -2.44. The van der Waals surface area contributed by atoms with Crippen LogP contribution in [0.2, 0.25) is 0 Å². The molecule has 0 radical (unpaired) electrons. The molecular formula is C20H42N2O4+2. The van der Waals surface area contributed by atoms with E-state index < -0.39 is 11.9 Å². The molecule has 0 atom stereocenters. The quantitative estimate of drug-likeness (QED) is 0.303. The maximum Gasteiger partial charge on any atom is 0.359 e. The van der Waals surface area contributed by atoms with Crippen LogP contribution < -0.4 is 0 Å². The van der Waals surface area contributed by atoms with Crippen molar-refractivity contribution in [1.82, 2.24) is 0 Å². The van der Waals surface area contributed by atoms with Gasteiger partial charge in [-0.15, -0.1) is 0 Å². The first-order chi connectivity index (χ1) is 12.0. The molecule has 6 heteroatoms. The number of unbranched alkanes of at least 4 members (excludes halogenated alkanes) is 9. The molecule has 0 aromatic rings. The molecule has 0 unspecified atom stereocenters. The first-order valence-electron chi connectivity index (χ1n) is 10.1. The zero-order valence-electron chi connectivity index (χ0n) is 17.5. The summed E-state index contributed by atoms with van der Waals surface area (Å²) in [5, 5.41) is 17.7. The Bertz CT molecular complexity index is 371.